The topological polar surface area (TPSA) is 69.6 Å². The lowest BCUT2D eigenvalue weighted by molar-refractivity contribution is -0.153. The second-order valence-corrected chi connectivity index (χ2v) is 5.82. The average Bonchev–Trinajstić information content (AvgIpc) is 2.25. The van der Waals surface area contributed by atoms with Crippen LogP contribution in [0, 0.1) is 5.41 Å². The number of hydrogen-bond donors (Lipinski definition) is 2. The number of nitrogens with zero attached hydrogens (tertiary/aromatic N) is 1. The van der Waals surface area contributed by atoms with E-state index in [4.69, 9.17) is 0 Å². The zero-order valence-corrected chi connectivity index (χ0v) is 11.7. The van der Waals surface area contributed by atoms with E-state index >= 15 is 0 Å². The molecule has 1 fully saturated rings. The molecular formula is C13H24N2O3. The Labute approximate surface area is 109 Å². The molecule has 0 bridgehead atoms. The lowest BCUT2D eigenvalue weighted by Crippen LogP contribution is -2.54. The molecule has 0 unspecified atom stereocenters. The monoisotopic (exact) mass is 256 g/mol. The van der Waals surface area contributed by atoms with Gasteiger partial charge in [-0.05, 0) is 33.1 Å². The van der Waals surface area contributed by atoms with Crippen LogP contribution < -0.4 is 5.32 Å². The van der Waals surface area contributed by atoms with Crippen LogP contribution in [0.25, 0.3) is 0 Å². The van der Waals surface area contributed by atoms with Crippen molar-refractivity contribution in [1.29, 1.82) is 0 Å². The number of carboxylic acids is 1. The normalized spacial score (nSPS) is 17.8. The van der Waals surface area contributed by atoms with Crippen LogP contribution in [0.15, 0.2) is 0 Å². The second-order valence-electron chi connectivity index (χ2n) is 5.82. The molecule has 1 saturated carbocycles. The van der Waals surface area contributed by atoms with E-state index in [9.17, 15) is 14.7 Å². The third kappa shape index (κ3) is 2.76. The summed E-state index contributed by atoms with van der Waals surface area (Å²) >= 11 is 0. The Kier molecular flexibility index (Phi) is 4.24. The molecule has 0 heterocycles. The molecule has 1 aliphatic rings. The summed E-state index contributed by atoms with van der Waals surface area (Å²) in [5.74, 6) is -0.800. The first-order valence-electron chi connectivity index (χ1n) is 6.50. The predicted molar refractivity (Wildman–Crippen MR) is 69.5 cm³/mol. The number of aliphatic carboxylic acids is 1. The summed E-state index contributed by atoms with van der Waals surface area (Å²) in [6, 6.07) is -0.200. The van der Waals surface area contributed by atoms with E-state index in [2.05, 4.69) is 5.32 Å². The number of amides is 2. The maximum Gasteiger partial charge on any atom is 0.317 e. The van der Waals surface area contributed by atoms with Crippen molar-refractivity contribution < 1.29 is 14.7 Å². The Balaban J connectivity index is 2.53. The molecule has 2 N–H and O–H groups in total. The minimum absolute atomic E-state index is 0.200. The largest absolute Gasteiger partial charge is 0.481 e. The summed E-state index contributed by atoms with van der Waals surface area (Å²) in [5, 5.41) is 11.9. The lowest BCUT2D eigenvalue weighted by atomic mass is 9.69. The van der Waals surface area contributed by atoms with Crippen molar-refractivity contribution in [2.24, 2.45) is 5.41 Å². The Morgan fingerprint density at radius 2 is 1.94 bits per heavy atom. The van der Waals surface area contributed by atoms with Crippen LogP contribution in [0.2, 0.25) is 0 Å². The molecule has 1 rings (SSSR count). The highest BCUT2D eigenvalue weighted by Crippen LogP contribution is 2.40. The fourth-order valence-corrected chi connectivity index (χ4v) is 1.95. The van der Waals surface area contributed by atoms with Crippen LogP contribution >= 0.6 is 0 Å². The van der Waals surface area contributed by atoms with Crippen molar-refractivity contribution >= 4 is 12.0 Å². The zero-order chi connectivity index (χ0) is 14.0. The van der Waals surface area contributed by atoms with Gasteiger partial charge in [-0.3, -0.25) is 4.79 Å². The SMILES string of the molecule is CCC(C)(C)N(C)C(=O)NCC1(C(=O)O)CCC1. The highest BCUT2D eigenvalue weighted by molar-refractivity contribution is 5.79. The van der Waals surface area contributed by atoms with E-state index in [0.29, 0.717) is 12.8 Å². The molecule has 0 spiro atoms. The molecule has 0 aliphatic heterocycles. The number of hydrogen-bond acceptors (Lipinski definition) is 2. The Morgan fingerprint density at radius 1 is 1.39 bits per heavy atom. The van der Waals surface area contributed by atoms with Crippen LogP contribution in [0.1, 0.15) is 46.5 Å². The smallest absolute Gasteiger partial charge is 0.317 e. The number of carboxylic acid groups (broad SMARTS) is 1. The van der Waals surface area contributed by atoms with E-state index in [1.54, 1.807) is 11.9 Å². The molecule has 104 valence electrons. The third-order valence-corrected chi connectivity index (χ3v) is 4.42. The van der Waals surface area contributed by atoms with Crippen molar-refractivity contribution in [2.45, 2.75) is 52.0 Å². The fraction of sp³-hybridized carbons (Fsp3) is 0.846. The van der Waals surface area contributed by atoms with Crippen LogP contribution in [0.4, 0.5) is 4.79 Å². The van der Waals surface area contributed by atoms with Gasteiger partial charge in [0.1, 0.15) is 0 Å². The van der Waals surface area contributed by atoms with Crippen LogP contribution in [-0.2, 0) is 4.79 Å². The highest BCUT2D eigenvalue weighted by Gasteiger charge is 2.44. The molecule has 0 radical (unpaired) electrons. The summed E-state index contributed by atoms with van der Waals surface area (Å²) in [6.45, 7) is 6.23. The predicted octanol–water partition coefficient (Wildman–Crippen LogP) is 2.07. The van der Waals surface area contributed by atoms with Gasteiger partial charge < -0.3 is 15.3 Å². The molecule has 5 nitrogen and oxygen atoms in total. The van der Waals surface area contributed by atoms with Gasteiger partial charge in [-0.15, -0.1) is 0 Å². The number of nitrogens with one attached hydrogen (secondary N) is 1. The molecule has 2 amide bonds. The maximum absolute atomic E-state index is 12.0. The van der Waals surface area contributed by atoms with E-state index in [1.165, 1.54) is 0 Å². The minimum Gasteiger partial charge on any atom is -0.481 e. The van der Waals surface area contributed by atoms with E-state index < -0.39 is 11.4 Å². The van der Waals surface area contributed by atoms with Gasteiger partial charge in [-0.1, -0.05) is 13.3 Å². The second kappa shape index (κ2) is 5.16. The van der Waals surface area contributed by atoms with Gasteiger partial charge in [0.25, 0.3) is 0 Å². The zero-order valence-electron chi connectivity index (χ0n) is 11.7. The number of carbonyl (C=O) groups is 2. The van der Waals surface area contributed by atoms with Gasteiger partial charge in [0, 0.05) is 19.1 Å². The standard InChI is InChI=1S/C13H24N2O3/c1-5-12(2,3)15(4)11(18)14-9-13(10(16)17)7-6-8-13/h5-9H2,1-4H3,(H,14,18)(H,16,17). The minimum atomic E-state index is -0.800. The molecule has 0 aromatic carbocycles. The molecular weight excluding hydrogens is 232 g/mol. The molecule has 18 heavy (non-hydrogen) atoms. The third-order valence-electron chi connectivity index (χ3n) is 4.42. The van der Waals surface area contributed by atoms with Crippen LogP contribution in [-0.4, -0.2) is 41.1 Å². The summed E-state index contributed by atoms with van der Waals surface area (Å²) in [6.07, 6.45) is 3.09. The first kappa shape index (κ1) is 14.8. The molecule has 0 aromatic heterocycles. The van der Waals surface area contributed by atoms with E-state index in [0.717, 1.165) is 12.8 Å². The molecule has 0 atom stereocenters. The van der Waals surface area contributed by atoms with Gasteiger partial charge >= 0.3 is 12.0 Å². The maximum atomic E-state index is 12.0. The van der Waals surface area contributed by atoms with Gasteiger partial charge in [0.2, 0.25) is 0 Å². The van der Waals surface area contributed by atoms with Crippen molar-refractivity contribution in [3.05, 3.63) is 0 Å². The van der Waals surface area contributed by atoms with Crippen molar-refractivity contribution in [1.82, 2.24) is 10.2 Å². The van der Waals surface area contributed by atoms with Crippen LogP contribution in [0.5, 0.6) is 0 Å². The number of carbonyl (C=O) groups excluding carboxylic acids is 1. The van der Waals surface area contributed by atoms with Gasteiger partial charge in [0.15, 0.2) is 0 Å². The summed E-state index contributed by atoms with van der Waals surface area (Å²) in [7, 11) is 1.74. The molecule has 0 aromatic rings. The Hall–Kier alpha value is -1.26. The van der Waals surface area contributed by atoms with E-state index in [-0.39, 0.29) is 18.1 Å². The molecule has 5 heteroatoms. The molecule has 0 saturated heterocycles. The Bertz CT molecular complexity index is 335. The first-order valence-corrected chi connectivity index (χ1v) is 6.50. The quantitative estimate of drug-likeness (QED) is 0.791. The fourth-order valence-electron chi connectivity index (χ4n) is 1.95. The van der Waals surface area contributed by atoms with Gasteiger partial charge in [-0.2, -0.15) is 0 Å². The highest BCUT2D eigenvalue weighted by atomic mass is 16.4. The summed E-state index contributed by atoms with van der Waals surface area (Å²) in [4.78, 5) is 24.8. The van der Waals surface area contributed by atoms with Crippen molar-refractivity contribution in [3.8, 4) is 0 Å². The van der Waals surface area contributed by atoms with Crippen LogP contribution in [0.3, 0.4) is 0 Å². The van der Waals surface area contributed by atoms with Gasteiger partial charge in [0.05, 0.1) is 5.41 Å². The summed E-state index contributed by atoms with van der Waals surface area (Å²) < 4.78 is 0. The van der Waals surface area contributed by atoms with Crippen molar-refractivity contribution in [3.63, 3.8) is 0 Å². The first-order chi connectivity index (χ1) is 8.25. The Morgan fingerprint density at radius 3 is 2.28 bits per heavy atom. The van der Waals surface area contributed by atoms with Crippen molar-refractivity contribution in [2.75, 3.05) is 13.6 Å². The van der Waals surface area contributed by atoms with Gasteiger partial charge in [-0.25, -0.2) is 4.79 Å². The summed E-state index contributed by atoms with van der Waals surface area (Å²) in [5.41, 5.74) is -0.951. The lowest BCUT2D eigenvalue weighted by Gasteiger charge is -2.39. The van der Waals surface area contributed by atoms with E-state index in [1.807, 2.05) is 20.8 Å². The molecule has 1 aliphatic carbocycles. The average molecular weight is 256 g/mol. The number of urea groups is 1. The number of rotatable bonds is 5.